The van der Waals surface area contributed by atoms with E-state index in [2.05, 4.69) is 21.2 Å². The van der Waals surface area contributed by atoms with Crippen LogP contribution in [0.1, 0.15) is 12.5 Å². The summed E-state index contributed by atoms with van der Waals surface area (Å²) < 4.78 is 0. The van der Waals surface area contributed by atoms with Gasteiger partial charge >= 0.3 is 0 Å². The van der Waals surface area contributed by atoms with Crippen LogP contribution in [0.3, 0.4) is 0 Å². The first-order valence-corrected chi connectivity index (χ1v) is 9.01. The summed E-state index contributed by atoms with van der Waals surface area (Å²) in [5.74, 6) is -0.0408. The van der Waals surface area contributed by atoms with Gasteiger partial charge in [-0.3, -0.25) is 9.69 Å². The van der Waals surface area contributed by atoms with E-state index in [1.54, 1.807) is 24.3 Å². The number of nitrogens with one attached hydrogen (secondary N) is 1. The Morgan fingerprint density at radius 1 is 1.12 bits per heavy atom. The lowest BCUT2D eigenvalue weighted by molar-refractivity contribution is -0.120. The zero-order valence-electron chi connectivity index (χ0n) is 14.7. The Morgan fingerprint density at radius 3 is 2.38 bits per heavy atom. The van der Waals surface area contributed by atoms with Crippen molar-refractivity contribution in [1.29, 1.82) is 5.26 Å². The molecule has 1 N–H and O–H groups in total. The van der Waals surface area contributed by atoms with Crippen molar-refractivity contribution in [3.63, 3.8) is 0 Å². The molecule has 1 saturated heterocycles. The van der Waals surface area contributed by atoms with Crippen molar-refractivity contribution in [2.75, 3.05) is 36.4 Å². The molecule has 134 valence electrons. The molecule has 26 heavy (non-hydrogen) atoms. The molecule has 5 nitrogen and oxygen atoms in total. The minimum absolute atomic E-state index is 0.0408. The number of benzene rings is 2. The van der Waals surface area contributed by atoms with Crippen molar-refractivity contribution in [2.24, 2.45) is 0 Å². The quantitative estimate of drug-likeness (QED) is 0.898. The maximum absolute atomic E-state index is 12.5. The molecule has 0 bridgehead atoms. The summed E-state index contributed by atoms with van der Waals surface area (Å²) in [6.07, 6.45) is 0. The van der Waals surface area contributed by atoms with Gasteiger partial charge in [-0.2, -0.15) is 5.26 Å². The second kappa shape index (κ2) is 8.22. The van der Waals surface area contributed by atoms with E-state index < -0.39 is 0 Å². The smallest absolute Gasteiger partial charge is 0.241 e. The number of carbonyl (C=O) groups excluding carboxylic acids is 1. The SMILES string of the molecule is C[C@H](C(=O)Nc1ccc(C#N)cc1)N1CCN(c2ccccc2Cl)CC1. The number of hydrogen-bond donors (Lipinski definition) is 1. The highest BCUT2D eigenvalue weighted by molar-refractivity contribution is 6.33. The molecule has 0 aromatic heterocycles. The second-order valence-electron chi connectivity index (χ2n) is 6.33. The summed E-state index contributed by atoms with van der Waals surface area (Å²) in [7, 11) is 0. The van der Waals surface area contributed by atoms with Gasteiger partial charge in [-0.25, -0.2) is 0 Å². The van der Waals surface area contributed by atoms with Crippen molar-refractivity contribution in [1.82, 2.24) is 4.90 Å². The van der Waals surface area contributed by atoms with E-state index in [0.717, 1.165) is 36.9 Å². The lowest BCUT2D eigenvalue weighted by Crippen LogP contribution is -2.52. The molecule has 1 atom stereocenters. The van der Waals surface area contributed by atoms with Gasteiger partial charge < -0.3 is 10.2 Å². The second-order valence-corrected chi connectivity index (χ2v) is 6.74. The van der Waals surface area contributed by atoms with Gasteiger partial charge in [0.05, 0.1) is 28.4 Å². The molecule has 6 heteroatoms. The number of rotatable bonds is 4. The van der Waals surface area contributed by atoms with Crippen LogP contribution in [0.25, 0.3) is 0 Å². The molecule has 1 aliphatic heterocycles. The van der Waals surface area contributed by atoms with Gasteiger partial charge in [0.15, 0.2) is 0 Å². The Hall–Kier alpha value is -2.55. The molecule has 1 aliphatic rings. The molecule has 3 rings (SSSR count). The molecule has 1 amide bonds. The van der Waals surface area contributed by atoms with E-state index in [1.807, 2.05) is 31.2 Å². The molecule has 0 aliphatic carbocycles. The number of hydrogen-bond acceptors (Lipinski definition) is 4. The van der Waals surface area contributed by atoms with Crippen LogP contribution in [0.2, 0.25) is 5.02 Å². The Morgan fingerprint density at radius 2 is 1.77 bits per heavy atom. The van der Waals surface area contributed by atoms with Gasteiger partial charge in [0, 0.05) is 31.9 Å². The van der Waals surface area contributed by atoms with E-state index in [0.29, 0.717) is 11.3 Å². The number of nitriles is 1. The predicted octanol–water partition coefficient (Wildman–Crippen LogP) is 3.36. The number of nitrogens with zero attached hydrogens (tertiary/aromatic N) is 3. The van der Waals surface area contributed by atoms with E-state index in [9.17, 15) is 4.79 Å². The van der Waals surface area contributed by atoms with Crippen molar-refractivity contribution in [3.8, 4) is 6.07 Å². The van der Waals surface area contributed by atoms with Crippen molar-refractivity contribution >= 4 is 28.9 Å². The lowest BCUT2D eigenvalue weighted by Gasteiger charge is -2.38. The Balaban J connectivity index is 1.55. The van der Waals surface area contributed by atoms with Crippen molar-refractivity contribution < 1.29 is 4.79 Å². The maximum Gasteiger partial charge on any atom is 0.241 e. The number of halogens is 1. The lowest BCUT2D eigenvalue weighted by atomic mass is 10.2. The van der Waals surface area contributed by atoms with Crippen LogP contribution in [0, 0.1) is 11.3 Å². The molecule has 1 fully saturated rings. The molecule has 2 aromatic carbocycles. The normalized spacial score (nSPS) is 16.0. The van der Waals surface area contributed by atoms with Gasteiger partial charge in [-0.15, -0.1) is 0 Å². The van der Waals surface area contributed by atoms with Gasteiger partial charge in [0.25, 0.3) is 0 Å². The van der Waals surface area contributed by atoms with E-state index in [1.165, 1.54) is 0 Å². The van der Waals surface area contributed by atoms with Gasteiger partial charge in [-0.1, -0.05) is 23.7 Å². The number of para-hydroxylation sites is 1. The average Bonchev–Trinajstić information content (AvgIpc) is 2.68. The first-order valence-electron chi connectivity index (χ1n) is 8.63. The predicted molar refractivity (Wildman–Crippen MR) is 104 cm³/mol. The van der Waals surface area contributed by atoms with E-state index in [-0.39, 0.29) is 11.9 Å². The first kappa shape index (κ1) is 18.2. The first-order chi connectivity index (χ1) is 12.6. The summed E-state index contributed by atoms with van der Waals surface area (Å²) in [4.78, 5) is 16.9. The number of amides is 1. The van der Waals surface area contributed by atoms with E-state index >= 15 is 0 Å². The Kier molecular flexibility index (Phi) is 5.77. The van der Waals surface area contributed by atoms with Crippen LogP contribution >= 0.6 is 11.6 Å². The van der Waals surface area contributed by atoms with Crippen LogP contribution in [-0.2, 0) is 4.79 Å². The molecule has 2 aromatic rings. The van der Waals surface area contributed by atoms with Gasteiger partial charge in [-0.05, 0) is 43.3 Å². The summed E-state index contributed by atoms with van der Waals surface area (Å²) >= 11 is 6.28. The number of carbonyl (C=O) groups is 1. The Bertz CT molecular complexity index is 807. The highest BCUT2D eigenvalue weighted by atomic mass is 35.5. The maximum atomic E-state index is 12.5. The average molecular weight is 369 g/mol. The molecule has 0 saturated carbocycles. The summed E-state index contributed by atoms with van der Waals surface area (Å²) in [6, 6.07) is 16.6. The minimum Gasteiger partial charge on any atom is -0.368 e. The van der Waals surface area contributed by atoms with Crippen molar-refractivity contribution in [3.05, 3.63) is 59.1 Å². The topological polar surface area (TPSA) is 59.4 Å². The third-order valence-corrected chi connectivity index (χ3v) is 5.04. The highest BCUT2D eigenvalue weighted by Crippen LogP contribution is 2.26. The molecular formula is C20H21ClN4O. The number of anilines is 2. The fraction of sp³-hybridized carbons (Fsp3) is 0.300. The molecule has 0 unspecified atom stereocenters. The Labute approximate surface area is 158 Å². The largest absolute Gasteiger partial charge is 0.368 e. The summed E-state index contributed by atoms with van der Waals surface area (Å²) in [5, 5.41) is 12.5. The third-order valence-electron chi connectivity index (χ3n) is 4.72. The summed E-state index contributed by atoms with van der Waals surface area (Å²) in [5.41, 5.74) is 2.32. The third kappa shape index (κ3) is 4.16. The van der Waals surface area contributed by atoms with Crippen LogP contribution in [0.4, 0.5) is 11.4 Å². The highest BCUT2D eigenvalue weighted by Gasteiger charge is 2.26. The zero-order chi connectivity index (χ0) is 18.5. The van der Waals surface area contributed by atoms with Gasteiger partial charge in [0.1, 0.15) is 0 Å². The van der Waals surface area contributed by atoms with E-state index in [4.69, 9.17) is 16.9 Å². The minimum atomic E-state index is -0.223. The number of piperazine rings is 1. The molecular weight excluding hydrogens is 348 g/mol. The monoisotopic (exact) mass is 368 g/mol. The zero-order valence-corrected chi connectivity index (χ0v) is 15.4. The molecule has 0 radical (unpaired) electrons. The fourth-order valence-electron chi connectivity index (χ4n) is 3.10. The van der Waals surface area contributed by atoms with Crippen LogP contribution in [0.15, 0.2) is 48.5 Å². The van der Waals surface area contributed by atoms with Crippen LogP contribution < -0.4 is 10.2 Å². The summed E-state index contributed by atoms with van der Waals surface area (Å²) in [6.45, 7) is 5.18. The van der Waals surface area contributed by atoms with Crippen LogP contribution in [0.5, 0.6) is 0 Å². The van der Waals surface area contributed by atoms with Crippen molar-refractivity contribution in [2.45, 2.75) is 13.0 Å². The van der Waals surface area contributed by atoms with Crippen LogP contribution in [-0.4, -0.2) is 43.0 Å². The molecule has 1 heterocycles. The standard InChI is InChI=1S/C20H21ClN4O/c1-15(20(26)23-17-8-6-16(14-22)7-9-17)24-10-12-25(13-11-24)19-5-3-2-4-18(19)21/h2-9,15H,10-13H2,1H3,(H,23,26)/t15-/m1/s1. The fourth-order valence-corrected chi connectivity index (χ4v) is 3.35. The van der Waals surface area contributed by atoms with Gasteiger partial charge in [0.2, 0.25) is 5.91 Å². The molecule has 0 spiro atoms.